The maximum Gasteiger partial charge on any atom is 0.433 e. The van der Waals surface area contributed by atoms with Crippen LogP contribution in [0.25, 0.3) is 11.7 Å². The first-order valence-corrected chi connectivity index (χ1v) is 7.21. The Morgan fingerprint density at radius 3 is 2.95 bits per heavy atom. The highest BCUT2D eigenvalue weighted by molar-refractivity contribution is 8.00. The molecule has 0 fully saturated rings. The summed E-state index contributed by atoms with van der Waals surface area (Å²) in [6.07, 6.45) is 0. The molecule has 3 aromatic heterocycles. The molecule has 0 aliphatic carbocycles. The summed E-state index contributed by atoms with van der Waals surface area (Å²) in [4.78, 5) is 14.0. The van der Waals surface area contributed by atoms with Crippen molar-refractivity contribution in [3.8, 4) is 11.7 Å². The number of nitrogen functional groups attached to an aromatic ring is 1. The van der Waals surface area contributed by atoms with E-state index < -0.39 is 4.92 Å². The topological polar surface area (TPSA) is 147 Å². The van der Waals surface area contributed by atoms with E-state index in [-0.39, 0.29) is 17.5 Å². The predicted molar refractivity (Wildman–Crippen MR) is 72.5 cm³/mol. The Morgan fingerprint density at radius 2 is 2.29 bits per heavy atom. The predicted octanol–water partition coefficient (Wildman–Crippen LogP) is 1.96. The van der Waals surface area contributed by atoms with Gasteiger partial charge in [0.05, 0.1) is 11.8 Å². The van der Waals surface area contributed by atoms with Crippen molar-refractivity contribution in [2.45, 2.75) is 10.1 Å². The number of hydrogen-bond donors (Lipinski definition) is 1. The van der Waals surface area contributed by atoms with Crippen LogP contribution in [0.4, 0.5) is 11.0 Å². The fourth-order valence-corrected chi connectivity index (χ4v) is 2.84. The number of nitrogens with zero attached hydrogens (tertiary/aromatic N) is 5. The number of hydrogen-bond acceptors (Lipinski definition) is 11. The van der Waals surface area contributed by atoms with Gasteiger partial charge in [0.15, 0.2) is 15.9 Å². The summed E-state index contributed by atoms with van der Waals surface area (Å²) in [5.41, 5.74) is 5.47. The first kappa shape index (κ1) is 13.5. The highest BCUT2D eigenvalue weighted by Gasteiger charge is 2.18. The summed E-state index contributed by atoms with van der Waals surface area (Å²) in [5, 5.41) is 22.2. The van der Waals surface area contributed by atoms with Crippen LogP contribution >= 0.6 is 23.1 Å². The molecule has 21 heavy (non-hydrogen) atoms. The number of nitro groups is 1. The summed E-state index contributed by atoms with van der Waals surface area (Å²) >= 11 is 2.61. The summed E-state index contributed by atoms with van der Waals surface area (Å²) in [6, 6.07) is 2.62. The van der Waals surface area contributed by atoms with Gasteiger partial charge in [-0.05, 0) is 6.07 Å². The fraction of sp³-hybridized carbons (Fsp3) is 0.111. The largest absolute Gasteiger partial charge is 0.433 e. The molecule has 0 amide bonds. The highest BCUT2D eigenvalue weighted by Crippen LogP contribution is 2.28. The molecule has 10 nitrogen and oxygen atoms in total. The van der Waals surface area contributed by atoms with Crippen LogP contribution in [0, 0.1) is 10.1 Å². The lowest BCUT2D eigenvalue weighted by Crippen LogP contribution is -1.84. The van der Waals surface area contributed by atoms with Crippen LogP contribution in [-0.2, 0) is 5.75 Å². The fourth-order valence-electron chi connectivity index (χ4n) is 1.36. The van der Waals surface area contributed by atoms with Crippen LogP contribution in [-0.4, -0.2) is 25.3 Å². The van der Waals surface area contributed by atoms with Crippen LogP contribution in [0.15, 0.2) is 25.4 Å². The van der Waals surface area contributed by atoms with Gasteiger partial charge in [0, 0.05) is 0 Å². The lowest BCUT2D eigenvalue weighted by Gasteiger charge is -1.88. The van der Waals surface area contributed by atoms with Crippen LogP contribution in [0.2, 0.25) is 0 Å². The van der Waals surface area contributed by atoms with Gasteiger partial charge >= 0.3 is 5.88 Å². The van der Waals surface area contributed by atoms with Gasteiger partial charge in [0.25, 0.3) is 5.89 Å². The molecule has 0 aliphatic rings. The summed E-state index contributed by atoms with van der Waals surface area (Å²) in [6.45, 7) is 0. The number of anilines is 1. The van der Waals surface area contributed by atoms with E-state index >= 15 is 0 Å². The van der Waals surface area contributed by atoms with Crippen LogP contribution in [0.1, 0.15) is 5.82 Å². The third-order valence-electron chi connectivity index (χ3n) is 2.20. The normalized spacial score (nSPS) is 10.9. The molecule has 108 valence electrons. The van der Waals surface area contributed by atoms with Gasteiger partial charge in [-0.1, -0.05) is 28.3 Å². The lowest BCUT2D eigenvalue weighted by atomic mass is 10.4. The first-order chi connectivity index (χ1) is 10.1. The molecule has 0 saturated heterocycles. The maximum absolute atomic E-state index is 10.5. The SMILES string of the molecule is Nc1nnc(SCc2noc(-c3ccc([N+](=O)[O-])o3)n2)s1. The van der Waals surface area contributed by atoms with Gasteiger partial charge in [-0.2, -0.15) is 4.98 Å². The molecule has 0 radical (unpaired) electrons. The lowest BCUT2D eigenvalue weighted by molar-refractivity contribution is -0.401. The maximum atomic E-state index is 10.5. The van der Waals surface area contributed by atoms with E-state index in [2.05, 4.69) is 20.3 Å². The van der Waals surface area contributed by atoms with Crippen molar-refractivity contribution >= 4 is 34.1 Å². The molecule has 3 heterocycles. The Morgan fingerprint density at radius 1 is 1.43 bits per heavy atom. The van der Waals surface area contributed by atoms with E-state index in [4.69, 9.17) is 14.7 Å². The second kappa shape index (κ2) is 5.49. The van der Waals surface area contributed by atoms with Crippen LogP contribution < -0.4 is 5.73 Å². The zero-order chi connectivity index (χ0) is 14.8. The van der Waals surface area contributed by atoms with E-state index in [1.54, 1.807) is 0 Å². The third kappa shape index (κ3) is 3.00. The third-order valence-corrected chi connectivity index (χ3v) is 4.08. The van der Waals surface area contributed by atoms with Gasteiger partial charge in [0.1, 0.15) is 4.92 Å². The van der Waals surface area contributed by atoms with Crippen molar-refractivity contribution in [3.63, 3.8) is 0 Å². The number of nitrogens with two attached hydrogens (primary N) is 1. The molecule has 12 heteroatoms. The average Bonchev–Trinajstić information content (AvgIpc) is 3.16. The van der Waals surface area contributed by atoms with Crippen molar-refractivity contribution in [3.05, 3.63) is 28.1 Å². The van der Waals surface area contributed by atoms with Crippen LogP contribution in [0.3, 0.4) is 0 Å². The van der Waals surface area contributed by atoms with E-state index in [1.807, 2.05) is 0 Å². The zero-order valence-corrected chi connectivity index (χ0v) is 11.8. The van der Waals surface area contributed by atoms with Gasteiger partial charge in [-0.25, -0.2) is 0 Å². The molecule has 0 bridgehead atoms. The summed E-state index contributed by atoms with van der Waals surface area (Å²) in [5.74, 6) is 0.647. The quantitative estimate of drug-likeness (QED) is 0.419. The summed E-state index contributed by atoms with van der Waals surface area (Å²) < 4.78 is 10.6. The van der Waals surface area contributed by atoms with Crippen molar-refractivity contribution in [2.75, 3.05) is 5.73 Å². The minimum absolute atomic E-state index is 0.0791. The minimum atomic E-state index is -0.642. The molecule has 0 spiro atoms. The van der Waals surface area contributed by atoms with Gasteiger partial charge in [-0.3, -0.25) is 10.1 Å². The molecular weight excluding hydrogens is 320 g/mol. The second-order valence-electron chi connectivity index (χ2n) is 3.61. The highest BCUT2D eigenvalue weighted by atomic mass is 32.2. The molecule has 0 unspecified atom stereocenters. The van der Waals surface area contributed by atoms with Crippen molar-refractivity contribution < 1.29 is 13.9 Å². The zero-order valence-electron chi connectivity index (χ0n) is 10.1. The minimum Gasteiger partial charge on any atom is -0.395 e. The number of aromatic nitrogens is 4. The number of furan rings is 1. The van der Waals surface area contributed by atoms with Gasteiger partial charge < -0.3 is 14.7 Å². The monoisotopic (exact) mass is 326 g/mol. The standard InChI is InChI=1S/C9H6N6O4S2/c10-8-12-13-9(21-8)20-3-5-11-7(19-14-5)4-1-2-6(18-4)15(16)17/h1-2H,3H2,(H2,10,12). The number of thioether (sulfide) groups is 1. The Kier molecular flexibility index (Phi) is 3.53. The Hall–Kier alpha value is -2.47. The van der Waals surface area contributed by atoms with Crippen LogP contribution in [0.5, 0.6) is 0 Å². The molecule has 2 N–H and O–H groups in total. The number of rotatable bonds is 5. The Labute approximate surface area is 124 Å². The first-order valence-electron chi connectivity index (χ1n) is 5.41. The molecular formula is C9H6N6O4S2. The molecule has 0 aliphatic heterocycles. The summed E-state index contributed by atoms with van der Waals surface area (Å²) in [7, 11) is 0. The molecule has 0 saturated carbocycles. The smallest absolute Gasteiger partial charge is 0.395 e. The van der Waals surface area contributed by atoms with Crippen molar-refractivity contribution in [1.82, 2.24) is 20.3 Å². The van der Waals surface area contributed by atoms with E-state index in [1.165, 1.54) is 35.2 Å². The van der Waals surface area contributed by atoms with E-state index in [9.17, 15) is 10.1 Å². The molecule has 0 aromatic carbocycles. The molecule has 3 rings (SSSR count). The Bertz CT molecular complexity index is 781. The molecule has 0 atom stereocenters. The average molecular weight is 326 g/mol. The Balaban J connectivity index is 1.69. The van der Waals surface area contributed by atoms with E-state index in [0.29, 0.717) is 21.0 Å². The van der Waals surface area contributed by atoms with Gasteiger partial charge in [-0.15, -0.1) is 10.2 Å². The van der Waals surface area contributed by atoms with Crippen molar-refractivity contribution in [2.24, 2.45) is 0 Å². The second-order valence-corrected chi connectivity index (χ2v) is 5.84. The van der Waals surface area contributed by atoms with E-state index in [0.717, 1.165) is 0 Å². The van der Waals surface area contributed by atoms with Gasteiger partial charge in [0.2, 0.25) is 5.13 Å². The molecule has 3 aromatic rings. The van der Waals surface area contributed by atoms with Crippen molar-refractivity contribution in [1.29, 1.82) is 0 Å².